The second kappa shape index (κ2) is 7.95. The normalized spacial score (nSPS) is 27.8. The average Bonchev–Trinajstić information content (AvgIpc) is 3.04. The Kier molecular flexibility index (Phi) is 6.53. The van der Waals surface area contributed by atoms with Crippen LogP contribution in [0.25, 0.3) is 0 Å². The van der Waals surface area contributed by atoms with Gasteiger partial charge in [-0.05, 0) is 59.7 Å². The molecular weight excluding hydrogens is 372 g/mol. The zero-order chi connectivity index (χ0) is 13.9. The number of hydrogen-bond donors (Lipinski definition) is 2. The number of halogens is 2. The van der Waals surface area contributed by atoms with Crippen LogP contribution in [0, 0.1) is 5.92 Å². The van der Waals surface area contributed by atoms with Gasteiger partial charge in [-0.15, -0.1) is 23.7 Å². The maximum atomic E-state index is 12.2. The summed E-state index contributed by atoms with van der Waals surface area (Å²) in [7, 11) is 0. The molecule has 2 fully saturated rings. The third kappa shape index (κ3) is 4.44. The molecule has 0 spiro atoms. The molecule has 1 aromatic heterocycles. The van der Waals surface area contributed by atoms with E-state index >= 15 is 0 Å². The molecule has 2 N–H and O–H groups in total. The van der Waals surface area contributed by atoms with Crippen LogP contribution in [0.3, 0.4) is 0 Å². The molecule has 118 valence electrons. The molecule has 1 aliphatic heterocycles. The highest BCUT2D eigenvalue weighted by Crippen LogP contribution is 2.33. The minimum atomic E-state index is 0. The van der Waals surface area contributed by atoms with Crippen molar-refractivity contribution < 1.29 is 4.79 Å². The van der Waals surface area contributed by atoms with Gasteiger partial charge in [0.25, 0.3) is 0 Å². The van der Waals surface area contributed by atoms with E-state index in [2.05, 4.69) is 38.7 Å². The zero-order valence-corrected chi connectivity index (χ0v) is 15.2. The highest BCUT2D eigenvalue weighted by atomic mass is 79.9. The zero-order valence-electron chi connectivity index (χ0n) is 11.9. The summed E-state index contributed by atoms with van der Waals surface area (Å²) in [5, 5.41) is 6.61. The van der Waals surface area contributed by atoms with Crippen molar-refractivity contribution in [3.63, 3.8) is 0 Å². The first-order valence-corrected chi connectivity index (χ1v) is 9.11. The lowest BCUT2D eigenvalue weighted by atomic mass is 9.85. The molecule has 21 heavy (non-hydrogen) atoms. The van der Waals surface area contributed by atoms with E-state index < -0.39 is 0 Å². The average molecular weight is 394 g/mol. The first-order valence-electron chi connectivity index (χ1n) is 7.50. The van der Waals surface area contributed by atoms with Gasteiger partial charge in [-0.25, -0.2) is 0 Å². The largest absolute Gasteiger partial charge is 0.354 e. The summed E-state index contributed by atoms with van der Waals surface area (Å²) in [6.07, 6.45) is 7.14. The van der Waals surface area contributed by atoms with E-state index in [9.17, 15) is 4.79 Å². The smallest absolute Gasteiger partial charge is 0.237 e. The molecule has 2 heterocycles. The Morgan fingerprint density at radius 2 is 2.19 bits per heavy atom. The van der Waals surface area contributed by atoms with E-state index in [0.29, 0.717) is 6.04 Å². The maximum absolute atomic E-state index is 12.2. The van der Waals surface area contributed by atoms with Gasteiger partial charge in [0.15, 0.2) is 0 Å². The van der Waals surface area contributed by atoms with Gasteiger partial charge >= 0.3 is 0 Å². The van der Waals surface area contributed by atoms with Crippen molar-refractivity contribution in [1.82, 2.24) is 10.6 Å². The van der Waals surface area contributed by atoms with Gasteiger partial charge in [0.1, 0.15) is 0 Å². The molecule has 0 bridgehead atoms. The van der Waals surface area contributed by atoms with Crippen LogP contribution in [0.1, 0.15) is 37.0 Å². The summed E-state index contributed by atoms with van der Waals surface area (Å²) in [6.45, 7) is 0.735. The maximum Gasteiger partial charge on any atom is 0.237 e. The van der Waals surface area contributed by atoms with E-state index in [-0.39, 0.29) is 24.4 Å². The molecular formula is C15H22BrClN2OS. The highest BCUT2D eigenvalue weighted by Gasteiger charge is 2.37. The van der Waals surface area contributed by atoms with E-state index in [1.807, 2.05) is 0 Å². The number of carbonyl (C=O) groups is 1. The first kappa shape index (κ1) is 17.3. The molecule has 3 rings (SSSR count). The van der Waals surface area contributed by atoms with Gasteiger partial charge in [0.2, 0.25) is 5.91 Å². The number of amides is 1. The highest BCUT2D eigenvalue weighted by molar-refractivity contribution is 9.11. The Morgan fingerprint density at radius 1 is 1.38 bits per heavy atom. The summed E-state index contributed by atoms with van der Waals surface area (Å²) < 4.78 is 1.15. The quantitative estimate of drug-likeness (QED) is 0.822. The molecule has 2 aliphatic rings. The second-order valence-corrected chi connectivity index (χ2v) is 8.40. The van der Waals surface area contributed by atoms with Crippen LogP contribution in [0.4, 0.5) is 0 Å². The lowest BCUT2D eigenvalue weighted by molar-refractivity contribution is -0.122. The van der Waals surface area contributed by atoms with E-state index in [1.165, 1.54) is 30.6 Å². The Morgan fingerprint density at radius 3 is 2.90 bits per heavy atom. The number of fused-ring (bicyclic) bond motifs is 1. The van der Waals surface area contributed by atoms with Gasteiger partial charge in [-0.3, -0.25) is 4.79 Å². The topological polar surface area (TPSA) is 41.1 Å². The van der Waals surface area contributed by atoms with Crippen LogP contribution in [-0.2, 0) is 11.2 Å². The molecule has 1 amide bonds. The summed E-state index contributed by atoms with van der Waals surface area (Å²) >= 11 is 5.20. The van der Waals surface area contributed by atoms with Crippen molar-refractivity contribution in [1.29, 1.82) is 0 Å². The molecule has 3 atom stereocenters. The van der Waals surface area contributed by atoms with Crippen molar-refractivity contribution in [3.8, 4) is 0 Å². The molecule has 1 saturated heterocycles. The summed E-state index contributed by atoms with van der Waals surface area (Å²) in [4.78, 5) is 13.5. The summed E-state index contributed by atoms with van der Waals surface area (Å²) in [5.41, 5.74) is 0. The van der Waals surface area contributed by atoms with Gasteiger partial charge in [-0.1, -0.05) is 12.8 Å². The predicted octanol–water partition coefficient (Wildman–Crippen LogP) is 3.51. The monoisotopic (exact) mass is 392 g/mol. The van der Waals surface area contributed by atoms with Crippen molar-refractivity contribution in [2.24, 2.45) is 5.92 Å². The second-order valence-electron chi connectivity index (χ2n) is 5.85. The van der Waals surface area contributed by atoms with Crippen LogP contribution in [0.15, 0.2) is 15.9 Å². The van der Waals surface area contributed by atoms with Gasteiger partial charge in [0.05, 0.1) is 9.83 Å². The number of nitrogens with one attached hydrogen (secondary N) is 2. The van der Waals surface area contributed by atoms with Crippen LogP contribution in [0.2, 0.25) is 0 Å². The van der Waals surface area contributed by atoms with Crippen LogP contribution >= 0.6 is 39.7 Å². The van der Waals surface area contributed by atoms with E-state index in [0.717, 1.165) is 29.1 Å². The fraction of sp³-hybridized carbons (Fsp3) is 0.667. The molecule has 3 nitrogen and oxygen atoms in total. The van der Waals surface area contributed by atoms with Gasteiger partial charge < -0.3 is 10.6 Å². The fourth-order valence-corrected chi connectivity index (χ4v) is 4.92. The molecule has 1 saturated carbocycles. The van der Waals surface area contributed by atoms with E-state index in [4.69, 9.17) is 0 Å². The molecule has 6 heteroatoms. The molecule has 3 unspecified atom stereocenters. The lowest BCUT2D eigenvalue weighted by Crippen LogP contribution is -2.43. The van der Waals surface area contributed by atoms with Crippen molar-refractivity contribution in [3.05, 3.63) is 20.8 Å². The van der Waals surface area contributed by atoms with Crippen LogP contribution < -0.4 is 10.6 Å². The first-order chi connectivity index (χ1) is 9.72. The number of carbonyl (C=O) groups excluding carboxylic acids is 1. The lowest BCUT2D eigenvalue weighted by Gasteiger charge is -2.24. The molecule has 0 aromatic carbocycles. The van der Waals surface area contributed by atoms with Crippen molar-refractivity contribution in [2.45, 2.75) is 50.6 Å². The number of thiophene rings is 1. The third-order valence-corrected chi connectivity index (χ3v) is 6.16. The van der Waals surface area contributed by atoms with Crippen LogP contribution in [0.5, 0.6) is 0 Å². The molecule has 1 aliphatic carbocycles. The molecule has 1 aromatic rings. The predicted molar refractivity (Wildman–Crippen MR) is 93.3 cm³/mol. The van der Waals surface area contributed by atoms with Gasteiger partial charge in [-0.2, -0.15) is 0 Å². The SMILES string of the molecule is Cl.O=C(NCCc1ccc(Br)s1)C1CC2CCCCC2N1. The number of rotatable bonds is 4. The number of hydrogen-bond acceptors (Lipinski definition) is 3. The van der Waals surface area contributed by atoms with Crippen LogP contribution in [-0.4, -0.2) is 24.5 Å². The van der Waals surface area contributed by atoms with Crippen molar-refractivity contribution in [2.75, 3.05) is 6.54 Å². The van der Waals surface area contributed by atoms with Crippen molar-refractivity contribution >= 4 is 45.6 Å². The third-order valence-electron chi connectivity index (χ3n) is 4.48. The van der Waals surface area contributed by atoms with Gasteiger partial charge in [0, 0.05) is 17.5 Å². The fourth-order valence-electron chi connectivity index (χ4n) is 3.44. The standard InChI is InChI=1S/C15H21BrN2OS.ClH/c16-14-6-5-11(20-14)7-8-17-15(19)13-9-10-3-1-2-4-12(10)18-13;/h5-6,10,12-13,18H,1-4,7-9H2,(H,17,19);1H. The minimum Gasteiger partial charge on any atom is -0.354 e. The Labute approximate surface area is 144 Å². The van der Waals surface area contributed by atoms with E-state index in [1.54, 1.807) is 11.3 Å². The Hall–Kier alpha value is -0.100. The Balaban J connectivity index is 0.00000161. The Bertz CT molecular complexity index is 468. The molecule has 0 radical (unpaired) electrons. The minimum absolute atomic E-state index is 0. The summed E-state index contributed by atoms with van der Waals surface area (Å²) in [6, 6.07) is 4.81. The summed E-state index contributed by atoms with van der Waals surface area (Å²) in [5.74, 6) is 0.919.